The number of nitrogens with one attached hydrogen (secondary N) is 6. The van der Waals surface area contributed by atoms with Gasteiger partial charge in [0.2, 0.25) is 23.6 Å². The van der Waals surface area contributed by atoms with Gasteiger partial charge in [-0.3, -0.25) is 38.4 Å². The highest BCUT2D eigenvalue weighted by molar-refractivity contribution is 7.95. The first-order valence-electron chi connectivity index (χ1n) is 11.6. The number of hydrogen-bond donors (Lipinski definition) is 12. The van der Waals surface area contributed by atoms with Crippen molar-refractivity contribution in [1.29, 1.82) is 0 Å². The average molecular weight is 645 g/mol. The van der Waals surface area contributed by atoms with Crippen molar-refractivity contribution in [2.45, 2.75) is 49.9 Å². The Hall–Kier alpha value is -3.27. The number of amides is 4. The molecule has 0 rings (SSSR count). The van der Waals surface area contributed by atoms with E-state index in [1.165, 1.54) is 0 Å². The first-order valence-corrected chi connectivity index (χ1v) is 13.7. The molecule has 41 heavy (non-hydrogen) atoms. The first kappa shape index (κ1) is 37.7. The number of thiol groups is 2. The maximum absolute atomic E-state index is 12.2. The van der Waals surface area contributed by atoms with Crippen LogP contribution in [0.5, 0.6) is 0 Å². The lowest BCUT2D eigenvalue weighted by Crippen LogP contribution is -2.49. The van der Waals surface area contributed by atoms with E-state index < -0.39 is 84.8 Å². The van der Waals surface area contributed by atoms with Crippen LogP contribution in [0.15, 0.2) is 0 Å². The fourth-order valence-corrected chi connectivity index (χ4v) is 3.99. The molecule has 4 atom stereocenters. The molecule has 0 radical (unpaired) electrons. The Kier molecular flexibility index (Phi) is 18.9. The molecule has 0 fully saturated rings. The van der Waals surface area contributed by atoms with Crippen molar-refractivity contribution in [1.82, 2.24) is 30.7 Å². The number of carboxylic acids is 4. The third kappa shape index (κ3) is 17.2. The summed E-state index contributed by atoms with van der Waals surface area (Å²) in [7, 11) is 0. The van der Waals surface area contributed by atoms with E-state index in [0.717, 1.165) is 0 Å². The monoisotopic (exact) mass is 644 g/mol. The number of carbonyl (C=O) groups excluding carboxylic acids is 4. The van der Waals surface area contributed by atoms with E-state index in [1.807, 2.05) is 0 Å². The van der Waals surface area contributed by atoms with Gasteiger partial charge in [-0.2, -0.15) is 25.3 Å². The smallest absolute Gasteiger partial charge is 0.322 e. The fourth-order valence-electron chi connectivity index (χ4n) is 2.69. The van der Waals surface area contributed by atoms with Crippen LogP contribution in [-0.2, 0) is 38.4 Å². The zero-order valence-corrected chi connectivity index (χ0v) is 23.9. The average Bonchev–Trinajstić information content (AvgIpc) is 2.90. The molecule has 0 spiro atoms. The quantitative estimate of drug-likeness (QED) is 0.0401. The molecule has 0 aromatic heterocycles. The van der Waals surface area contributed by atoms with Gasteiger partial charge in [0.05, 0.1) is 0 Å². The van der Waals surface area contributed by atoms with Gasteiger partial charge in [-0.1, -0.05) is 0 Å². The van der Waals surface area contributed by atoms with E-state index in [4.69, 9.17) is 10.2 Å². The maximum Gasteiger partial charge on any atom is 0.322 e. The Balaban J connectivity index is 4.75. The Morgan fingerprint density at radius 2 is 0.927 bits per heavy atom. The molecule has 232 valence electrons. The molecular weight excluding hydrogens is 612 g/mol. The number of rotatable bonds is 22. The van der Waals surface area contributed by atoms with Gasteiger partial charge in [0.1, 0.15) is 37.3 Å². The first-order chi connectivity index (χ1) is 19.2. The molecule has 21 heteroatoms. The summed E-state index contributed by atoms with van der Waals surface area (Å²) in [6.07, 6.45) is -1.28. The molecule has 0 heterocycles. The van der Waals surface area contributed by atoms with E-state index in [9.17, 15) is 48.6 Å². The fraction of sp³-hybridized carbons (Fsp3) is 0.600. The van der Waals surface area contributed by atoms with Crippen LogP contribution in [0.4, 0.5) is 0 Å². The van der Waals surface area contributed by atoms with Crippen molar-refractivity contribution in [3.05, 3.63) is 0 Å². The van der Waals surface area contributed by atoms with Crippen molar-refractivity contribution >= 4 is 84.9 Å². The number of carbonyl (C=O) groups is 8. The SMILES string of the molecule is O=C(O)CNC(=O)[C@H](CS)NC(=O)CC[C@H](NSN[C@@H](CCC(=O)N[C@@H](CS)C(=O)NCC(=O)O)C(=O)O)C(=O)O. The van der Waals surface area contributed by atoms with E-state index in [-0.39, 0.29) is 37.2 Å². The molecular formula is C20H32N6O12S3. The minimum Gasteiger partial charge on any atom is -0.480 e. The van der Waals surface area contributed by atoms with Crippen molar-refractivity contribution in [3.63, 3.8) is 0 Å². The van der Waals surface area contributed by atoms with Crippen LogP contribution in [0.2, 0.25) is 0 Å². The lowest BCUT2D eigenvalue weighted by molar-refractivity contribution is -0.140. The summed E-state index contributed by atoms with van der Waals surface area (Å²) in [4.78, 5) is 92.3. The topological polar surface area (TPSA) is 290 Å². The van der Waals surface area contributed by atoms with Gasteiger partial charge in [-0.15, -0.1) is 0 Å². The second-order valence-corrected chi connectivity index (χ2v) is 9.43. The molecule has 0 aliphatic rings. The molecule has 0 saturated heterocycles. The molecule has 0 aliphatic carbocycles. The van der Waals surface area contributed by atoms with Gasteiger partial charge in [0.15, 0.2) is 0 Å². The molecule has 4 amide bonds. The van der Waals surface area contributed by atoms with Crippen molar-refractivity contribution in [2.24, 2.45) is 0 Å². The largest absolute Gasteiger partial charge is 0.480 e. The molecule has 18 nitrogen and oxygen atoms in total. The summed E-state index contributed by atoms with van der Waals surface area (Å²) in [5.41, 5.74) is 0. The lowest BCUT2D eigenvalue weighted by atomic mass is 10.1. The summed E-state index contributed by atoms with van der Waals surface area (Å²) in [5.74, 6) is -8.66. The number of hydrogen-bond acceptors (Lipinski definition) is 13. The van der Waals surface area contributed by atoms with Gasteiger partial charge < -0.3 is 41.7 Å². The lowest BCUT2D eigenvalue weighted by Gasteiger charge is -2.19. The van der Waals surface area contributed by atoms with Crippen LogP contribution >= 0.6 is 37.4 Å². The predicted molar refractivity (Wildman–Crippen MR) is 148 cm³/mol. The van der Waals surface area contributed by atoms with E-state index >= 15 is 0 Å². The van der Waals surface area contributed by atoms with E-state index in [2.05, 4.69) is 56.0 Å². The van der Waals surface area contributed by atoms with E-state index in [0.29, 0.717) is 12.1 Å². The van der Waals surface area contributed by atoms with Crippen molar-refractivity contribution in [3.8, 4) is 0 Å². The predicted octanol–water partition coefficient (Wildman–Crippen LogP) is -3.57. The van der Waals surface area contributed by atoms with Crippen LogP contribution < -0.4 is 30.7 Å². The summed E-state index contributed by atoms with van der Waals surface area (Å²) >= 11 is 8.34. The van der Waals surface area contributed by atoms with Crippen LogP contribution in [0.3, 0.4) is 0 Å². The molecule has 0 saturated carbocycles. The Labute approximate surface area is 248 Å². The summed E-state index contributed by atoms with van der Waals surface area (Å²) in [5, 5.41) is 44.7. The Morgan fingerprint density at radius 3 is 1.20 bits per heavy atom. The summed E-state index contributed by atoms with van der Waals surface area (Å²) in [6, 6.07) is -5.00. The summed E-state index contributed by atoms with van der Waals surface area (Å²) < 4.78 is 4.88. The Morgan fingerprint density at radius 1 is 0.585 bits per heavy atom. The second kappa shape index (κ2) is 20.6. The number of aliphatic carboxylic acids is 4. The van der Waals surface area contributed by atoms with Crippen molar-refractivity contribution in [2.75, 3.05) is 24.6 Å². The molecule has 0 aliphatic heterocycles. The highest BCUT2D eigenvalue weighted by Gasteiger charge is 2.25. The minimum absolute atomic E-state index is 0.153. The minimum atomic E-state index is -1.37. The molecule has 0 aromatic rings. The third-order valence-electron chi connectivity index (χ3n) is 4.81. The van der Waals surface area contributed by atoms with Gasteiger partial charge in [0, 0.05) is 36.5 Å². The molecule has 0 aromatic carbocycles. The second-order valence-electron chi connectivity index (χ2n) is 8.03. The van der Waals surface area contributed by atoms with Gasteiger partial charge >= 0.3 is 23.9 Å². The van der Waals surface area contributed by atoms with Crippen LogP contribution in [0, 0.1) is 0 Å². The van der Waals surface area contributed by atoms with Crippen LogP contribution in [-0.4, -0.2) is 117 Å². The molecule has 10 N–H and O–H groups in total. The maximum atomic E-state index is 12.2. The highest BCUT2D eigenvalue weighted by Crippen LogP contribution is 2.07. The third-order valence-corrected chi connectivity index (χ3v) is 6.35. The summed E-state index contributed by atoms with van der Waals surface area (Å²) in [6.45, 7) is -1.34. The van der Waals surface area contributed by atoms with Gasteiger partial charge in [-0.05, 0) is 12.8 Å². The number of carboxylic acid groups (broad SMARTS) is 4. The van der Waals surface area contributed by atoms with Crippen LogP contribution in [0.25, 0.3) is 0 Å². The highest BCUT2D eigenvalue weighted by atomic mass is 32.2. The zero-order valence-electron chi connectivity index (χ0n) is 21.3. The standard InChI is InChI=1S/C20H32N6O12S3/c27-13(23-11(7-39)17(33)21-5-15(29)30)3-1-9(19(35)36)25-41-26-10(20(37)38)2-4-14(28)24-12(8-40)18(34)22-6-16(31)32/h9-12,25-26,39-40H,1-8H2,(H,21,33)(H,22,34)(H,23,27)(H,24,28)(H,29,30)(H,31,32)(H,35,36)(H,37,38)/t9-,10-,11-,12-/m0/s1. The zero-order chi connectivity index (χ0) is 31.5. The van der Waals surface area contributed by atoms with E-state index in [1.54, 1.807) is 0 Å². The van der Waals surface area contributed by atoms with Gasteiger partial charge in [-0.25, -0.2) is 9.44 Å². The molecule has 0 bridgehead atoms. The van der Waals surface area contributed by atoms with Crippen LogP contribution in [0.1, 0.15) is 25.7 Å². The van der Waals surface area contributed by atoms with Crippen molar-refractivity contribution < 1.29 is 58.8 Å². The molecule has 0 unspecified atom stereocenters. The van der Waals surface area contributed by atoms with Gasteiger partial charge in [0.25, 0.3) is 0 Å². The normalized spacial score (nSPS) is 13.5. The Bertz CT molecular complexity index is 898.